The first kappa shape index (κ1) is 20.5. The van der Waals surface area contributed by atoms with Gasteiger partial charge in [-0.05, 0) is 24.6 Å². The molecule has 4 N–H and O–H groups in total. The Kier molecular flexibility index (Phi) is 7.74. The minimum atomic E-state index is -1.10. The zero-order chi connectivity index (χ0) is 19.1. The highest BCUT2D eigenvalue weighted by molar-refractivity contribution is 7.99. The van der Waals surface area contributed by atoms with Crippen LogP contribution in [0.25, 0.3) is 0 Å². The smallest absolute Gasteiger partial charge is 0.325 e. The van der Waals surface area contributed by atoms with Gasteiger partial charge in [-0.15, -0.1) is 11.8 Å². The van der Waals surface area contributed by atoms with Crippen LogP contribution in [0, 0.1) is 0 Å². The van der Waals surface area contributed by atoms with Gasteiger partial charge in [0.05, 0.1) is 6.04 Å². The van der Waals surface area contributed by atoms with Crippen LogP contribution in [0.5, 0.6) is 0 Å². The van der Waals surface area contributed by atoms with Crippen molar-refractivity contribution in [1.82, 2.24) is 16.0 Å². The van der Waals surface area contributed by atoms with E-state index in [1.54, 1.807) is 36.0 Å². The molecule has 0 radical (unpaired) electrons. The fourth-order valence-electron chi connectivity index (χ4n) is 2.54. The quantitative estimate of drug-likeness (QED) is 0.523. The first-order valence-corrected chi connectivity index (χ1v) is 9.76. The molecule has 26 heavy (non-hydrogen) atoms. The Hall–Kier alpha value is -1.77. The molecule has 0 aromatic heterocycles. The number of halogens is 1. The first-order valence-electron chi connectivity index (χ1n) is 8.23. The normalized spacial score (nSPS) is 18.8. The third-order valence-corrected chi connectivity index (χ3v) is 5.27. The molecule has 1 aliphatic heterocycles. The molecule has 1 fully saturated rings. The molecule has 0 bridgehead atoms. The van der Waals surface area contributed by atoms with Crippen LogP contribution in [-0.2, 0) is 14.4 Å². The third kappa shape index (κ3) is 6.19. The number of hydrogen-bond donors (Lipinski definition) is 4. The Morgan fingerprint density at radius 1 is 1.35 bits per heavy atom. The van der Waals surface area contributed by atoms with Crippen molar-refractivity contribution < 1.29 is 19.5 Å². The molecule has 1 heterocycles. The molecular formula is C17H22ClN3O4S. The summed E-state index contributed by atoms with van der Waals surface area (Å²) in [6, 6.07) is 5.85. The first-order chi connectivity index (χ1) is 12.4. The summed E-state index contributed by atoms with van der Waals surface area (Å²) in [5.41, 5.74) is 0.849. The van der Waals surface area contributed by atoms with Gasteiger partial charge in [-0.1, -0.05) is 23.7 Å². The van der Waals surface area contributed by atoms with Gasteiger partial charge in [-0.2, -0.15) is 0 Å². The summed E-state index contributed by atoms with van der Waals surface area (Å²) in [7, 11) is 0. The number of carbonyl (C=O) groups excluding carboxylic acids is 2. The Labute approximate surface area is 161 Å². The van der Waals surface area contributed by atoms with Crippen molar-refractivity contribution in [3.05, 3.63) is 34.9 Å². The number of rotatable bonds is 8. The van der Waals surface area contributed by atoms with Crippen LogP contribution in [0.15, 0.2) is 24.3 Å². The standard InChI is InChI=1S/C17H22ClN3O4S/c1-10(17(24)25)21-15(22)6-12(11-2-4-13(18)5-3-11)7-19-16(23)14-8-26-9-20-14/h2-5,10,12,14,20H,6-9H2,1H3,(H,19,23)(H,21,22)(H,24,25)/t10-,12+,14-/m1/s1. The number of carbonyl (C=O) groups is 3. The molecule has 1 aromatic carbocycles. The van der Waals surface area contributed by atoms with Crippen LogP contribution in [0.2, 0.25) is 5.02 Å². The van der Waals surface area contributed by atoms with Crippen LogP contribution in [-0.4, -0.2) is 53.1 Å². The molecule has 1 aliphatic rings. The van der Waals surface area contributed by atoms with E-state index in [1.807, 2.05) is 0 Å². The van der Waals surface area contributed by atoms with E-state index < -0.39 is 12.0 Å². The molecule has 0 saturated carbocycles. The molecular weight excluding hydrogens is 378 g/mol. The van der Waals surface area contributed by atoms with E-state index in [-0.39, 0.29) is 36.7 Å². The van der Waals surface area contributed by atoms with Crippen LogP contribution >= 0.6 is 23.4 Å². The second-order valence-electron chi connectivity index (χ2n) is 6.10. The topological polar surface area (TPSA) is 108 Å². The number of nitrogens with one attached hydrogen (secondary N) is 3. The van der Waals surface area contributed by atoms with Crippen LogP contribution in [0.4, 0.5) is 0 Å². The molecule has 0 spiro atoms. The lowest BCUT2D eigenvalue weighted by Crippen LogP contribution is -2.44. The number of amides is 2. The highest BCUT2D eigenvalue weighted by Gasteiger charge is 2.25. The summed E-state index contributed by atoms with van der Waals surface area (Å²) in [4.78, 5) is 35.3. The predicted molar refractivity (Wildman–Crippen MR) is 101 cm³/mol. The highest BCUT2D eigenvalue weighted by Crippen LogP contribution is 2.21. The molecule has 9 heteroatoms. The maximum absolute atomic E-state index is 12.2. The number of carboxylic acids is 1. The summed E-state index contributed by atoms with van der Waals surface area (Å²) in [6.45, 7) is 1.68. The lowest BCUT2D eigenvalue weighted by molar-refractivity contribution is -0.141. The molecule has 1 aromatic rings. The minimum absolute atomic E-state index is 0.0619. The van der Waals surface area contributed by atoms with E-state index in [0.29, 0.717) is 10.8 Å². The largest absolute Gasteiger partial charge is 0.480 e. The van der Waals surface area contributed by atoms with Crippen molar-refractivity contribution in [2.75, 3.05) is 18.2 Å². The van der Waals surface area contributed by atoms with Crippen molar-refractivity contribution in [3.63, 3.8) is 0 Å². The van der Waals surface area contributed by atoms with Gasteiger partial charge in [0.1, 0.15) is 6.04 Å². The third-order valence-electron chi connectivity index (χ3n) is 4.08. The zero-order valence-electron chi connectivity index (χ0n) is 14.3. The molecule has 2 rings (SSSR count). The molecule has 1 saturated heterocycles. The van der Waals surface area contributed by atoms with Gasteiger partial charge in [0.15, 0.2) is 0 Å². The lowest BCUT2D eigenvalue weighted by Gasteiger charge is -2.20. The van der Waals surface area contributed by atoms with E-state index in [9.17, 15) is 14.4 Å². The van der Waals surface area contributed by atoms with Crippen molar-refractivity contribution in [3.8, 4) is 0 Å². The number of benzene rings is 1. The summed E-state index contributed by atoms with van der Waals surface area (Å²) >= 11 is 7.57. The van der Waals surface area contributed by atoms with Crippen LogP contribution in [0.3, 0.4) is 0 Å². The Bertz CT molecular complexity index is 650. The summed E-state index contributed by atoms with van der Waals surface area (Å²) in [5, 5.41) is 17.9. The number of carboxylic acid groups (broad SMARTS) is 1. The van der Waals surface area contributed by atoms with E-state index in [2.05, 4.69) is 16.0 Å². The van der Waals surface area contributed by atoms with Gasteiger partial charge < -0.3 is 15.7 Å². The monoisotopic (exact) mass is 399 g/mol. The average molecular weight is 400 g/mol. The van der Waals surface area contributed by atoms with E-state index in [1.165, 1.54) is 6.92 Å². The van der Waals surface area contributed by atoms with Crippen LogP contribution < -0.4 is 16.0 Å². The van der Waals surface area contributed by atoms with E-state index in [0.717, 1.165) is 11.4 Å². The van der Waals surface area contributed by atoms with Crippen molar-refractivity contribution in [1.29, 1.82) is 0 Å². The van der Waals surface area contributed by atoms with Gasteiger partial charge in [-0.25, -0.2) is 0 Å². The molecule has 0 unspecified atom stereocenters. The van der Waals surface area contributed by atoms with Gasteiger partial charge >= 0.3 is 5.97 Å². The van der Waals surface area contributed by atoms with Gasteiger partial charge in [0.25, 0.3) is 0 Å². The Balaban J connectivity index is 2.01. The summed E-state index contributed by atoms with van der Waals surface area (Å²) < 4.78 is 0. The minimum Gasteiger partial charge on any atom is -0.480 e. The Morgan fingerprint density at radius 2 is 2.04 bits per heavy atom. The second kappa shape index (κ2) is 9.80. The number of hydrogen-bond acceptors (Lipinski definition) is 5. The van der Waals surface area contributed by atoms with Gasteiger partial charge in [-0.3, -0.25) is 19.7 Å². The van der Waals surface area contributed by atoms with Gasteiger partial charge in [0, 0.05) is 35.5 Å². The fourth-order valence-corrected chi connectivity index (χ4v) is 3.61. The van der Waals surface area contributed by atoms with Crippen molar-refractivity contribution in [2.24, 2.45) is 0 Å². The number of aliphatic carboxylic acids is 1. The Morgan fingerprint density at radius 3 is 2.62 bits per heavy atom. The predicted octanol–water partition coefficient (Wildman–Crippen LogP) is 1.18. The fraction of sp³-hybridized carbons (Fsp3) is 0.471. The van der Waals surface area contributed by atoms with Crippen LogP contribution in [0.1, 0.15) is 24.8 Å². The molecule has 2 amide bonds. The average Bonchev–Trinajstić information content (AvgIpc) is 3.13. The summed E-state index contributed by atoms with van der Waals surface area (Å²) in [6.07, 6.45) is 0.0619. The van der Waals surface area contributed by atoms with Crippen molar-refractivity contribution in [2.45, 2.75) is 31.3 Å². The molecule has 142 valence electrons. The maximum Gasteiger partial charge on any atom is 0.325 e. The second-order valence-corrected chi connectivity index (χ2v) is 7.56. The highest BCUT2D eigenvalue weighted by atomic mass is 35.5. The lowest BCUT2D eigenvalue weighted by atomic mass is 9.95. The number of thioether (sulfide) groups is 1. The molecule has 7 nitrogen and oxygen atoms in total. The maximum atomic E-state index is 12.2. The zero-order valence-corrected chi connectivity index (χ0v) is 15.9. The van der Waals surface area contributed by atoms with Gasteiger partial charge in [0.2, 0.25) is 11.8 Å². The molecule has 0 aliphatic carbocycles. The molecule has 3 atom stereocenters. The SMILES string of the molecule is C[C@@H](NC(=O)C[C@@H](CNC(=O)[C@H]1CSCN1)c1ccc(Cl)cc1)C(=O)O. The van der Waals surface area contributed by atoms with E-state index in [4.69, 9.17) is 16.7 Å². The summed E-state index contributed by atoms with van der Waals surface area (Å²) in [5.74, 6) is -0.412. The van der Waals surface area contributed by atoms with E-state index >= 15 is 0 Å². The van der Waals surface area contributed by atoms with Crippen molar-refractivity contribution >= 4 is 41.1 Å².